The van der Waals surface area contributed by atoms with Crippen LogP contribution in [0.5, 0.6) is 0 Å². The molecule has 3 N–H and O–H groups in total. The molecule has 2 aromatic carbocycles. The van der Waals surface area contributed by atoms with E-state index in [9.17, 15) is 21.6 Å². The molecule has 0 atom stereocenters. The molecule has 0 unspecified atom stereocenters. The zero-order valence-electron chi connectivity index (χ0n) is 18.1. The van der Waals surface area contributed by atoms with Crippen molar-refractivity contribution in [3.05, 3.63) is 59.2 Å². The SMILES string of the molecule is Cc1ccc(S(=O)(=O)NCCC(=O)NCc2cccc(S(=O)(=O)NC(C)C)c2)cc1C. The summed E-state index contributed by atoms with van der Waals surface area (Å²) in [5, 5.41) is 2.67. The number of carbonyl (C=O) groups is 1. The lowest BCUT2D eigenvalue weighted by molar-refractivity contribution is -0.121. The van der Waals surface area contributed by atoms with Crippen LogP contribution in [0.1, 0.15) is 37.0 Å². The Balaban J connectivity index is 1.88. The molecule has 0 spiro atoms. The smallest absolute Gasteiger partial charge is 0.240 e. The molecule has 10 heteroatoms. The lowest BCUT2D eigenvalue weighted by Crippen LogP contribution is -2.31. The summed E-state index contributed by atoms with van der Waals surface area (Å²) in [4.78, 5) is 12.4. The molecule has 0 saturated carbocycles. The normalized spacial score (nSPS) is 12.2. The molecule has 31 heavy (non-hydrogen) atoms. The Morgan fingerprint density at radius 1 is 0.903 bits per heavy atom. The lowest BCUT2D eigenvalue weighted by Gasteiger charge is -2.11. The van der Waals surface area contributed by atoms with Crippen LogP contribution in [-0.2, 0) is 31.4 Å². The van der Waals surface area contributed by atoms with Gasteiger partial charge in [-0.25, -0.2) is 26.3 Å². The largest absolute Gasteiger partial charge is 0.352 e. The molecule has 0 bridgehead atoms. The summed E-state index contributed by atoms with van der Waals surface area (Å²) in [5.74, 6) is -0.351. The van der Waals surface area contributed by atoms with Gasteiger partial charge in [-0.15, -0.1) is 0 Å². The molecule has 0 aliphatic rings. The number of sulfonamides is 2. The van der Waals surface area contributed by atoms with Gasteiger partial charge in [-0.2, -0.15) is 0 Å². The standard InChI is InChI=1S/C21H29N3O5S2/c1-15(2)24-31(28,29)19-7-5-6-18(13-19)14-22-21(25)10-11-23-30(26,27)20-9-8-16(3)17(4)12-20/h5-9,12-13,15,23-24H,10-11,14H2,1-4H3,(H,22,25). The number of rotatable bonds is 10. The third-order valence-corrected chi connectivity index (χ3v) is 7.64. The van der Waals surface area contributed by atoms with E-state index in [4.69, 9.17) is 0 Å². The Morgan fingerprint density at radius 2 is 1.58 bits per heavy atom. The Kier molecular flexibility index (Phi) is 8.35. The molecule has 170 valence electrons. The highest BCUT2D eigenvalue weighted by atomic mass is 32.2. The van der Waals surface area contributed by atoms with Gasteiger partial charge in [0.2, 0.25) is 26.0 Å². The quantitative estimate of drug-likeness (QED) is 0.493. The van der Waals surface area contributed by atoms with Gasteiger partial charge in [-0.3, -0.25) is 4.79 Å². The molecule has 1 amide bonds. The van der Waals surface area contributed by atoms with E-state index in [-0.39, 0.29) is 41.3 Å². The first-order valence-electron chi connectivity index (χ1n) is 9.85. The van der Waals surface area contributed by atoms with E-state index >= 15 is 0 Å². The highest BCUT2D eigenvalue weighted by Gasteiger charge is 2.16. The Hall–Kier alpha value is -2.27. The van der Waals surface area contributed by atoms with Gasteiger partial charge in [0.1, 0.15) is 0 Å². The van der Waals surface area contributed by atoms with Gasteiger partial charge in [0.15, 0.2) is 0 Å². The highest BCUT2D eigenvalue weighted by Crippen LogP contribution is 2.15. The van der Waals surface area contributed by atoms with Crippen molar-refractivity contribution in [2.75, 3.05) is 6.54 Å². The van der Waals surface area contributed by atoms with Gasteiger partial charge in [0.25, 0.3) is 0 Å². The van der Waals surface area contributed by atoms with E-state index in [1.807, 2.05) is 13.8 Å². The topological polar surface area (TPSA) is 121 Å². The maximum Gasteiger partial charge on any atom is 0.240 e. The zero-order valence-corrected chi connectivity index (χ0v) is 19.7. The Bertz CT molecular complexity index is 1140. The molecular formula is C21H29N3O5S2. The van der Waals surface area contributed by atoms with Crippen molar-refractivity contribution in [2.45, 2.75) is 56.5 Å². The summed E-state index contributed by atoms with van der Waals surface area (Å²) < 4.78 is 54.2. The van der Waals surface area contributed by atoms with Gasteiger partial charge in [-0.05, 0) is 68.7 Å². The van der Waals surface area contributed by atoms with Crippen LogP contribution in [0.2, 0.25) is 0 Å². The zero-order chi connectivity index (χ0) is 23.2. The van der Waals surface area contributed by atoms with Crippen LogP contribution < -0.4 is 14.8 Å². The van der Waals surface area contributed by atoms with Gasteiger partial charge in [0.05, 0.1) is 9.79 Å². The first-order valence-corrected chi connectivity index (χ1v) is 12.8. The number of amides is 1. The minimum atomic E-state index is -3.70. The maximum atomic E-state index is 12.4. The fraction of sp³-hybridized carbons (Fsp3) is 0.381. The van der Waals surface area contributed by atoms with Gasteiger partial charge < -0.3 is 5.32 Å². The molecule has 0 aliphatic heterocycles. The summed E-state index contributed by atoms with van der Waals surface area (Å²) in [6.07, 6.45) is -0.0447. The third kappa shape index (κ3) is 7.42. The van der Waals surface area contributed by atoms with E-state index in [1.165, 1.54) is 18.2 Å². The van der Waals surface area contributed by atoms with Crippen molar-refractivity contribution < 1.29 is 21.6 Å². The second-order valence-electron chi connectivity index (χ2n) is 7.59. The number of benzene rings is 2. The molecule has 0 saturated heterocycles. The van der Waals surface area contributed by atoms with Gasteiger partial charge >= 0.3 is 0 Å². The molecule has 0 aliphatic carbocycles. The van der Waals surface area contributed by atoms with Gasteiger partial charge in [-0.1, -0.05) is 18.2 Å². The molecule has 2 rings (SSSR count). The van der Waals surface area contributed by atoms with Crippen LogP contribution in [0.25, 0.3) is 0 Å². The molecular weight excluding hydrogens is 438 g/mol. The number of hydrogen-bond donors (Lipinski definition) is 3. The average Bonchev–Trinajstić information content (AvgIpc) is 2.67. The lowest BCUT2D eigenvalue weighted by atomic mass is 10.1. The van der Waals surface area contributed by atoms with E-state index in [0.29, 0.717) is 5.56 Å². The van der Waals surface area contributed by atoms with Crippen molar-refractivity contribution in [3.63, 3.8) is 0 Å². The van der Waals surface area contributed by atoms with Crippen molar-refractivity contribution in [1.82, 2.24) is 14.8 Å². The fourth-order valence-corrected chi connectivity index (χ4v) is 5.19. The molecule has 0 radical (unpaired) electrons. The van der Waals surface area contributed by atoms with Crippen LogP contribution in [-0.4, -0.2) is 35.3 Å². The van der Waals surface area contributed by atoms with Crippen LogP contribution in [0, 0.1) is 13.8 Å². The monoisotopic (exact) mass is 467 g/mol. The number of aryl methyl sites for hydroxylation is 2. The Labute approximate surface area is 184 Å². The second-order valence-corrected chi connectivity index (χ2v) is 11.1. The Morgan fingerprint density at radius 3 is 2.23 bits per heavy atom. The van der Waals surface area contributed by atoms with Crippen molar-refractivity contribution in [1.29, 1.82) is 0 Å². The van der Waals surface area contributed by atoms with E-state index < -0.39 is 20.0 Å². The summed E-state index contributed by atoms with van der Waals surface area (Å²) in [6.45, 7) is 7.28. The van der Waals surface area contributed by atoms with Gasteiger partial charge in [0, 0.05) is 25.6 Å². The van der Waals surface area contributed by atoms with Crippen molar-refractivity contribution >= 4 is 26.0 Å². The molecule has 0 heterocycles. The maximum absolute atomic E-state index is 12.4. The molecule has 0 aromatic heterocycles. The van der Waals surface area contributed by atoms with Crippen LogP contribution in [0.4, 0.5) is 0 Å². The van der Waals surface area contributed by atoms with Crippen LogP contribution in [0.15, 0.2) is 52.3 Å². The summed E-state index contributed by atoms with van der Waals surface area (Å²) in [5.41, 5.74) is 2.49. The minimum Gasteiger partial charge on any atom is -0.352 e. The van der Waals surface area contributed by atoms with Crippen LogP contribution in [0.3, 0.4) is 0 Å². The predicted octanol–water partition coefficient (Wildman–Crippen LogP) is 1.97. The number of hydrogen-bond acceptors (Lipinski definition) is 5. The minimum absolute atomic E-state index is 0.0447. The van der Waals surface area contributed by atoms with E-state index in [1.54, 1.807) is 38.1 Å². The predicted molar refractivity (Wildman–Crippen MR) is 119 cm³/mol. The first-order chi connectivity index (χ1) is 14.4. The van der Waals surface area contributed by atoms with Crippen molar-refractivity contribution in [3.8, 4) is 0 Å². The van der Waals surface area contributed by atoms with Crippen LogP contribution >= 0.6 is 0 Å². The van der Waals surface area contributed by atoms with Crippen molar-refractivity contribution in [2.24, 2.45) is 0 Å². The summed E-state index contributed by atoms with van der Waals surface area (Å²) in [6, 6.07) is 10.9. The summed E-state index contributed by atoms with van der Waals surface area (Å²) >= 11 is 0. The highest BCUT2D eigenvalue weighted by molar-refractivity contribution is 7.89. The molecule has 8 nitrogen and oxygen atoms in total. The number of nitrogens with one attached hydrogen (secondary N) is 3. The van der Waals surface area contributed by atoms with E-state index in [0.717, 1.165) is 11.1 Å². The first kappa shape index (κ1) is 25.0. The average molecular weight is 468 g/mol. The summed E-state index contributed by atoms with van der Waals surface area (Å²) in [7, 11) is -7.32. The third-order valence-electron chi connectivity index (χ3n) is 4.52. The molecule has 0 fully saturated rings. The number of carbonyl (C=O) groups excluding carboxylic acids is 1. The van der Waals surface area contributed by atoms with E-state index in [2.05, 4.69) is 14.8 Å². The fourth-order valence-electron chi connectivity index (χ4n) is 2.75. The molecule has 2 aromatic rings. The second kappa shape index (κ2) is 10.4.